The second kappa shape index (κ2) is 15.3. The standard InChI is InChI=1S/C31H30N6O10S2/c1-23(33-31(39)22-35(25-11-9-13-27(19-25)37(42)43)49(46,47)29-16-6-3-7-17-29)20-32-30(38)21-34(24-10-8-12-26(18-24)36(40)41)48(44,45)28-14-4-2-5-15-28/h2-19,23H,20-22H2,1H3,(H,32,38)(H,33,39)/t23-/m0/s1. The van der Waals surface area contributed by atoms with Gasteiger partial charge in [-0.2, -0.15) is 0 Å². The summed E-state index contributed by atoms with van der Waals surface area (Å²) in [4.78, 5) is 47.2. The third-order valence-electron chi connectivity index (χ3n) is 6.91. The lowest BCUT2D eigenvalue weighted by Gasteiger charge is -2.25. The molecule has 4 aromatic carbocycles. The zero-order valence-corrected chi connectivity index (χ0v) is 27.4. The first-order chi connectivity index (χ1) is 23.2. The van der Waals surface area contributed by atoms with Gasteiger partial charge in [-0.1, -0.05) is 48.5 Å². The summed E-state index contributed by atoms with van der Waals surface area (Å²) in [5, 5.41) is 27.8. The first kappa shape index (κ1) is 36.0. The number of hydrogen-bond acceptors (Lipinski definition) is 10. The van der Waals surface area contributed by atoms with Crippen LogP contribution in [0, 0.1) is 20.2 Å². The summed E-state index contributed by atoms with van der Waals surface area (Å²) in [7, 11) is -8.72. The van der Waals surface area contributed by atoms with E-state index in [-0.39, 0.29) is 27.7 Å². The quantitative estimate of drug-likeness (QED) is 0.136. The highest BCUT2D eigenvalue weighted by atomic mass is 32.2. The van der Waals surface area contributed by atoms with Crippen LogP contribution in [-0.4, -0.2) is 64.2 Å². The Hall–Kier alpha value is -5.88. The molecule has 0 unspecified atom stereocenters. The van der Waals surface area contributed by atoms with E-state index in [4.69, 9.17) is 0 Å². The Morgan fingerprint density at radius 1 is 0.653 bits per heavy atom. The van der Waals surface area contributed by atoms with Gasteiger partial charge in [0.1, 0.15) is 13.1 Å². The van der Waals surface area contributed by atoms with Crippen LogP contribution in [-0.2, 0) is 29.6 Å². The van der Waals surface area contributed by atoms with Crippen molar-refractivity contribution in [1.82, 2.24) is 10.6 Å². The number of amides is 2. The molecular formula is C31H30N6O10S2. The van der Waals surface area contributed by atoms with E-state index in [1.54, 1.807) is 12.1 Å². The monoisotopic (exact) mass is 710 g/mol. The SMILES string of the molecule is C[C@@H](CNC(=O)CN(c1cccc([N+](=O)[O-])c1)S(=O)(=O)c1ccccc1)NC(=O)CN(c1cccc([N+](=O)[O-])c1)S(=O)(=O)c1ccccc1. The number of anilines is 2. The van der Waals surface area contributed by atoms with E-state index >= 15 is 0 Å². The summed E-state index contributed by atoms with van der Waals surface area (Å²) < 4.78 is 55.6. The molecule has 49 heavy (non-hydrogen) atoms. The molecule has 16 nitrogen and oxygen atoms in total. The number of nitrogens with one attached hydrogen (secondary N) is 2. The molecule has 0 spiro atoms. The molecule has 2 N–H and O–H groups in total. The van der Waals surface area contributed by atoms with Crippen molar-refractivity contribution >= 4 is 54.6 Å². The maximum atomic E-state index is 13.5. The van der Waals surface area contributed by atoms with Crippen LogP contribution in [0.1, 0.15) is 6.92 Å². The molecule has 256 valence electrons. The summed E-state index contributed by atoms with van der Waals surface area (Å²) in [5.74, 6) is -1.62. The molecule has 18 heteroatoms. The maximum Gasteiger partial charge on any atom is 0.271 e. The fraction of sp³-hybridized carbons (Fsp3) is 0.161. The largest absolute Gasteiger partial charge is 0.352 e. The molecule has 1 atom stereocenters. The van der Waals surface area contributed by atoms with Crippen LogP contribution in [0.3, 0.4) is 0 Å². The zero-order chi connectivity index (χ0) is 35.8. The van der Waals surface area contributed by atoms with Crippen molar-refractivity contribution in [2.45, 2.75) is 22.8 Å². The molecule has 0 heterocycles. The van der Waals surface area contributed by atoms with Crippen LogP contribution in [0.2, 0.25) is 0 Å². The van der Waals surface area contributed by atoms with Crippen LogP contribution in [0.4, 0.5) is 22.7 Å². The van der Waals surface area contributed by atoms with Gasteiger partial charge < -0.3 is 10.6 Å². The Morgan fingerprint density at radius 2 is 1.06 bits per heavy atom. The molecule has 2 amide bonds. The molecule has 4 aromatic rings. The van der Waals surface area contributed by atoms with E-state index in [0.717, 1.165) is 20.7 Å². The summed E-state index contributed by atoms with van der Waals surface area (Å²) in [6.07, 6.45) is 0. The molecule has 4 rings (SSSR count). The molecule has 0 fully saturated rings. The van der Waals surface area contributed by atoms with Gasteiger partial charge in [0.25, 0.3) is 31.4 Å². The number of hydrogen-bond donors (Lipinski definition) is 2. The summed E-state index contributed by atoms with van der Waals surface area (Å²) >= 11 is 0. The van der Waals surface area contributed by atoms with Gasteiger partial charge in [0, 0.05) is 36.9 Å². The summed E-state index contributed by atoms with van der Waals surface area (Å²) in [6, 6.07) is 23.1. The van der Waals surface area contributed by atoms with Gasteiger partial charge >= 0.3 is 0 Å². The average Bonchev–Trinajstić information content (AvgIpc) is 3.09. The number of nitro benzene ring substituents is 2. The minimum atomic E-state index is -4.36. The first-order valence-corrected chi connectivity index (χ1v) is 17.3. The van der Waals surface area contributed by atoms with Gasteiger partial charge in [0.15, 0.2) is 0 Å². The van der Waals surface area contributed by atoms with Gasteiger partial charge in [0.2, 0.25) is 11.8 Å². The topological polar surface area (TPSA) is 219 Å². The van der Waals surface area contributed by atoms with Crippen molar-refractivity contribution in [2.75, 3.05) is 28.2 Å². The van der Waals surface area contributed by atoms with E-state index in [2.05, 4.69) is 10.6 Å². The summed E-state index contributed by atoms with van der Waals surface area (Å²) in [6.45, 7) is -0.261. The molecule has 0 aromatic heterocycles. The average molecular weight is 711 g/mol. The third-order valence-corrected chi connectivity index (χ3v) is 10.5. The Bertz CT molecular complexity index is 2060. The van der Waals surface area contributed by atoms with Crippen molar-refractivity contribution < 1.29 is 36.3 Å². The van der Waals surface area contributed by atoms with Crippen LogP contribution >= 0.6 is 0 Å². The number of rotatable bonds is 15. The predicted octanol–water partition coefficient (Wildman–Crippen LogP) is 3.21. The molecule has 0 aliphatic rings. The highest BCUT2D eigenvalue weighted by Crippen LogP contribution is 2.28. The second-order valence-electron chi connectivity index (χ2n) is 10.5. The fourth-order valence-corrected chi connectivity index (χ4v) is 7.42. The third kappa shape index (κ3) is 8.93. The summed E-state index contributed by atoms with van der Waals surface area (Å²) in [5.41, 5.74) is -1.04. The molecule has 0 saturated heterocycles. The Morgan fingerprint density at radius 3 is 1.47 bits per heavy atom. The van der Waals surface area contributed by atoms with Gasteiger partial charge in [-0.3, -0.25) is 38.4 Å². The van der Waals surface area contributed by atoms with Gasteiger partial charge in [-0.25, -0.2) is 16.8 Å². The van der Waals surface area contributed by atoms with Crippen LogP contribution in [0.15, 0.2) is 119 Å². The number of nitrogens with zero attached hydrogens (tertiary/aromatic N) is 4. The Balaban J connectivity index is 1.48. The van der Waals surface area contributed by atoms with Crippen LogP contribution in [0.5, 0.6) is 0 Å². The molecule has 0 aliphatic carbocycles. The second-order valence-corrected chi connectivity index (χ2v) is 14.2. The smallest absolute Gasteiger partial charge is 0.271 e. The van der Waals surface area contributed by atoms with Gasteiger partial charge in [0.05, 0.1) is 31.0 Å². The van der Waals surface area contributed by atoms with E-state index in [1.165, 1.54) is 91.9 Å². The van der Waals surface area contributed by atoms with Crippen molar-refractivity contribution in [2.24, 2.45) is 0 Å². The van der Waals surface area contributed by atoms with Gasteiger partial charge in [-0.05, 0) is 43.3 Å². The minimum Gasteiger partial charge on any atom is -0.352 e. The number of non-ortho nitro benzene ring substituents is 2. The van der Waals surface area contributed by atoms with E-state index in [1.807, 2.05) is 0 Å². The number of nitro groups is 2. The Kier molecular flexibility index (Phi) is 11.3. The fourth-order valence-electron chi connectivity index (χ4n) is 4.55. The predicted molar refractivity (Wildman–Crippen MR) is 179 cm³/mol. The number of benzene rings is 4. The number of carbonyl (C=O) groups is 2. The van der Waals surface area contributed by atoms with Crippen molar-refractivity contribution in [1.29, 1.82) is 0 Å². The lowest BCUT2D eigenvalue weighted by Crippen LogP contribution is -2.48. The molecular weight excluding hydrogens is 681 g/mol. The van der Waals surface area contributed by atoms with E-state index in [0.29, 0.717) is 0 Å². The first-order valence-electron chi connectivity index (χ1n) is 14.4. The highest BCUT2D eigenvalue weighted by Gasteiger charge is 2.30. The maximum absolute atomic E-state index is 13.5. The lowest BCUT2D eigenvalue weighted by molar-refractivity contribution is -0.385. The van der Waals surface area contributed by atoms with Crippen molar-refractivity contribution in [3.63, 3.8) is 0 Å². The molecule has 0 saturated carbocycles. The lowest BCUT2D eigenvalue weighted by atomic mass is 10.2. The van der Waals surface area contributed by atoms with Crippen molar-refractivity contribution in [3.05, 3.63) is 129 Å². The molecule has 0 aliphatic heterocycles. The van der Waals surface area contributed by atoms with E-state index in [9.17, 15) is 46.7 Å². The number of sulfonamides is 2. The van der Waals surface area contributed by atoms with Gasteiger partial charge in [-0.15, -0.1) is 0 Å². The normalized spacial score (nSPS) is 11.9. The molecule has 0 bridgehead atoms. The Labute approximate surface area is 281 Å². The highest BCUT2D eigenvalue weighted by molar-refractivity contribution is 7.93. The zero-order valence-electron chi connectivity index (χ0n) is 25.8. The van der Waals surface area contributed by atoms with Crippen LogP contribution in [0.25, 0.3) is 0 Å². The van der Waals surface area contributed by atoms with Crippen molar-refractivity contribution in [3.8, 4) is 0 Å². The number of carbonyl (C=O) groups excluding carboxylic acids is 2. The van der Waals surface area contributed by atoms with E-state index < -0.39 is 72.2 Å². The molecule has 0 radical (unpaired) electrons. The van der Waals surface area contributed by atoms with Crippen LogP contribution < -0.4 is 19.2 Å². The minimum absolute atomic E-state index is 0.129.